The number of nitrogens with zero attached hydrogens (tertiary/aromatic N) is 2. The van der Waals surface area contributed by atoms with Crippen LogP contribution < -0.4 is 5.32 Å². The van der Waals surface area contributed by atoms with Crippen LogP contribution in [0.25, 0.3) is 0 Å². The summed E-state index contributed by atoms with van der Waals surface area (Å²) in [6.07, 6.45) is 3.52. The Morgan fingerprint density at radius 2 is 2.38 bits per heavy atom. The number of carbonyl (C=O) groups is 1. The Morgan fingerprint density at radius 1 is 1.62 bits per heavy atom. The Kier molecular flexibility index (Phi) is 4.92. The molecule has 1 amide bonds. The summed E-state index contributed by atoms with van der Waals surface area (Å²) in [7, 11) is 3.67. The third-order valence-corrected chi connectivity index (χ3v) is 2.45. The molecule has 1 aromatic rings. The molecule has 0 bridgehead atoms. The number of amides is 1. The summed E-state index contributed by atoms with van der Waals surface area (Å²) in [5, 5.41) is 3.01. The van der Waals surface area contributed by atoms with E-state index in [0.717, 1.165) is 5.56 Å². The highest BCUT2D eigenvalue weighted by molar-refractivity contribution is 5.78. The molecule has 1 N–H and O–H groups in total. The van der Waals surface area contributed by atoms with E-state index in [1.165, 1.54) is 0 Å². The third kappa shape index (κ3) is 3.62. The van der Waals surface area contributed by atoms with Crippen molar-refractivity contribution >= 4 is 5.91 Å². The van der Waals surface area contributed by atoms with Gasteiger partial charge in [-0.25, -0.2) is 0 Å². The van der Waals surface area contributed by atoms with Crippen molar-refractivity contribution in [2.75, 3.05) is 20.6 Å². The first kappa shape index (κ1) is 12.6. The van der Waals surface area contributed by atoms with Crippen LogP contribution in [0.1, 0.15) is 12.5 Å². The number of pyridine rings is 1. The average Bonchev–Trinajstić information content (AvgIpc) is 2.29. The van der Waals surface area contributed by atoms with Crippen molar-refractivity contribution in [1.29, 1.82) is 0 Å². The minimum absolute atomic E-state index is 0.00618. The molecule has 1 rings (SSSR count). The van der Waals surface area contributed by atoms with Crippen molar-refractivity contribution in [2.45, 2.75) is 13.5 Å². The van der Waals surface area contributed by atoms with Crippen molar-refractivity contribution in [3.63, 3.8) is 0 Å². The van der Waals surface area contributed by atoms with Crippen LogP contribution in [-0.4, -0.2) is 36.4 Å². The van der Waals surface area contributed by atoms with E-state index < -0.39 is 0 Å². The molecule has 0 aliphatic heterocycles. The van der Waals surface area contributed by atoms with Gasteiger partial charge in [0.25, 0.3) is 0 Å². The lowest BCUT2D eigenvalue weighted by Crippen LogP contribution is -2.35. The molecule has 1 aromatic heterocycles. The second kappa shape index (κ2) is 6.23. The molecule has 88 valence electrons. The van der Waals surface area contributed by atoms with Crippen LogP contribution in [0.15, 0.2) is 24.5 Å². The zero-order valence-corrected chi connectivity index (χ0v) is 10.1. The van der Waals surface area contributed by atoms with Crippen molar-refractivity contribution < 1.29 is 4.79 Å². The number of hydrogen-bond acceptors (Lipinski definition) is 3. The van der Waals surface area contributed by atoms with E-state index in [0.29, 0.717) is 13.1 Å². The molecular formula is C12H19N3O. The third-order valence-electron chi connectivity index (χ3n) is 2.45. The minimum atomic E-state index is 0.00618. The van der Waals surface area contributed by atoms with Gasteiger partial charge < -0.3 is 10.2 Å². The lowest BCUT2D eigenvalue weighted by atomic mass is 10.1. The molecule has 0 aliphatic carbocycles. The summed E-state index contributed by atoms with van der Waals surface area (Å²) in [5.41, 5.74) is 1.05. The molecule has 1 heterocycles. The predicted molar refractivity (Wildman–Crippen MR) is 63.8 cm³/mol. The molecule has 0 fully saturated rings. The van der Waals surface area contributed by atoms with Gasteiger partial charge in [-0.1, -0.05) is 13.0 Å². The SMILES string of the molecule is CNCC(C)C(=O)N(C)Cc1cccnc1. The maximum absolute atomic E-state index is 11.9. The number of aromatic nitrogens is 1. The summed E-state index contributed by atoms with van der Waals surface area (Å²) in [6, 6.07) is 3.85. The number of carbonyl (C=O) groups excluding carboxylic acids is 1. The van der Waals surface area contributed by atoms with Crippen LogP contribution in [0.5, 0.6) is 0 Å². The average molecular weight is 221 g/mol. The van der Waals surface area contributed by atoms with Crippen molar-refractivity contribution in [3.05, 3.63) is 30.1 Å². The molecular weight excluding hydrogens is 202 g/mol. The molecule has 0 aliphatic rings. The summed E-state index contributed by atoms with van der Waals surface area (Å²) < 4.78 is 0. The lowest BCUT2D eigenvalue weighted by molar-refractivity contribution is -0.134. The number of rotatable bonds is 5. The number of hydrogen-bond donors (Lipinski definition) is 1. The Hall–Kier alpha value is -1.42. The summed E-state index contributed by atoms with van der Waals surface area (Å²) in [4.78, 5) is 17.7. The molecule has 4 nitrogen and oxygen atoms in total. The van der Waals surface area contributed by atoms with Gasteiger partial charge in [0, 0.05) is 38.4 Å². The molecule has 0 saturated carbocycles. The Morgan fingerprint density at radius 3 is 2.94 bits per heavy atom. The fourth-order valence-corrected chi connectivity index (χ4v) is 1.61. The van der Waals surface area contributed by atoms with Crippen molar-refractivity contribution in [2.24, 2.45) is 5.92 Å². The highest BCUT2D eigenvalue weighted by Crippen LogP contribution is 2.05. The van der Waals surface area contributed by atoms with Crippen LogP contribution in [0.2, 0.25) is 0 Å². The predicted octanol–water partition coefficient (Wildman–Crippen LogP) is 0.895. The largest absolute Gasteiger partial charge is 0.341 e. The first-order valence-corrected chi connectivity index (χ1v) is 5.43. The molecule has 0 saturated heterocycles. The van der Waals surface area contributed by atoms with Crippen molar-refractivity contribution in [3.8, 4) is 0 Å². The van der Waals surface area contributed by atoms with Crippen LogP contribution in [0.4, 0.5) is 0 Å². The molecule has 0 aromatic carbocycles. The highest BCUT2D eigenvalue weighted by Gasteiger charge is 2.16. The van der Waals surface area contributed by atoms with E-state index in [-0.39, 0.29) is 11.8 Å². The molecule has 4 heteroatoms. The van der Waals surface area contributed by atoms with Gasteiger partial charge in [0.1, 0.15) is 0 Å². The Balaban J connectivity index is 2.52. The zero-order chi connectivity index (χ0) is 12.0. The lowest BCUT2D eigenvalue weighted by Gasteiger charge is -2.21. The maximum atomic E-state index is 11.9. The van der Waals surface area contributed by atoms with Gasteiger partial charge in [-0.3, -0.25) is 9.78 Å². The minimum Gasteiger partial charge on any atom is -0.341 e. The Labute approximate surface area is 96.7 Å². The zero-order valence-electron chi connectivity index (χ0n) is 10.1. The van der Waals surface area contributed by atoms with Crippen LogP contribution in [-0.2, 0) is 11.3 Å². The highest BCUT2D eigenvalue weighted by atomic mass is 16.2. The van der Waals surface area contributed by atoms with Gasteiger partial charge >= 0.3 is 0 Å². The number of nitrogens with one attached hydrogen (secondary N) is 1. The second-order valence-corrected chi connectivity index (χ2v) is 4.01. The Bertz CT molecular complexity index is 326. The van der Waals surface area contributed by atoms with Gasteiger partial charge in [0.15, 0.2) is 0 Å². The van der Waals surface area contributed by atoms with Gasteiger partial charge in [-0.05, 0) is 18.7 Å². The normalized spacial score (nSPS) is 12.2. The summed E-state index contributed by atoms with van der Waals surface area (Å²) in [5.74, 6) is 0.157. The quantitative estimate of drug-likeness (QED) is 0.803. The van der Waals surface area contributed by atoms with E-state index in [2.05, 4.69) is 10.3 Å². The smallest absolute Gasteiger partial charge is 0.226 e. The van der Waals surface area contributed by atoms with Gasteiger partial charge in [-0.15, -0.1) is 0 Å². The van der Waals surface area contributed by atoms with Gasteiger partial charge in [0.05, 0.1) is 0 Å². The monoisotopic (exact) mass is 221 g/mol. The van der Waals surface area contributed by atoms with Gasteiger partial charge in [-0.2, -0.15) is 0 Å². The fraction of sp³-hybridized carbons (Fsp3) is 0.500. The standard InChI is InChI=1S/C12H19N3O/c1-10(7-13-2)12(16)15(3)9-11-5-4-6-14-8-11/h4-6,8,10,13H,7,9H2,1-3H3. The molecule has 1 atom stereocenters. The van der Waals surface area contributed by atoms with E-state index in [1.54, 1.807) is 17.3 Å². The van der Waals surface area contributed by atoms with E-state index in [9.17, 15) is 4.79 Å². The topological polar surface area (TPSA) is 45.2 Å². The fourth-order valence-electron chi connectivity index (χ4n) is 1.61. The van der Waals surface area contributed by atoms with Crippen LogP contribution in [0, 0.1) is 5.92 Å². The molecule has 16 heavy (non-hydrogen) atoms. The van der Waals surface area contributed by atoms with Gasteiger partial charge in [0.2, 0.25) is 5.91 Å². The van der Waals surface area contributed by atoms with E-state index >= 15 is 0 Å². The maximum Gasteiger partial charge on any atom is 0.226 e. The first-order chi connectivity index (χ1) is 7.65. The first-order valence-electron chi connectivity index (χ1n) is 5.43. The van der Waals surface area contributed by atoms with Crippen LogP contribution >= 0.6 is 0 Å². The van der Waals surface area contributed by atoms with Crippen molar-refractivity contribution in [1.82, 2.24) is 15.2 Å². The summed E-state index contributed by atoms with van der Waals surface area (Å²) >= 11 is 0. The summed E-state index contributed by atoms with van der Waals surface area (Å²) in [6.45, 7) is 3.25. The van der Waals surface area contributed by atoms with Crippen LogP contribution in [0.3, 0.4) is 0 Å². The van der Waals surface area contributed by atoms with E-state index in [1.807, 2.05) is 33.2 Å². The van der Waals surface area contributed by atoms with E-state index in [4.69, 9.17) is 0 Å². The molecule has 0 radical (unpaired) electrons. The molecule has 0 spiro atoms. The molecule has 1 unspecified atom stereocenters. The second-order valence-electron chi connectivity index (χ2n) is 4.01.